The molecule has 1 fully saturated rings. The molecule has 0 saturated carbocycles. The minimum absolute atomic E-state index is 0.267. The molecule has 0 amide bonds. The molecule has 2 aromatic heterocycles. The highest BCUT2D eigenvalue weighted by Crippen LogP contribution is 2.38. The number of aromatic nitrogens is 2. The van der Waals surface area contributed by atoms with Crippen molar-refractivity contribution in [1.29, 1.82) is 0 Å². The number of thiophene rings is 1. The molecule has 0 spiro atoms. The van der Waals surface area contributed by atoms with Crippen molar-refractivity contribution in [3.8, 4) is 0 Å². The fourth-order valence-electron chi connectivity index (χ4n) is 2.28. The van der Waals surface area contributed by atoms with Crippen LogP contribution in [0.25, 0.3) is 10.2 Å². The van der Waals surface area contributed by atoms with Crippen molar-refractivity contribution in [1.82, 2.24) is 9.97 Å². The molecule has 0 aromatic carbocycles. The van der Waals surface area contributed by atoms with E-state index in [1.54, 1.807) is 23.1 Å². The molecule has 2 atom stereocenters. The van der Waals surface area contributed by atoms with E-state index in [0.717, 1.165) is 34.7 Å². The van der Waals surface area contributed by atoms with Gasteiger partial charge < -0.3 is 4.74 Å². The van der Waals surface area contributed by atoms with Gasteiger partial charge in [-0.05, 0) is 25.8 Å². The number of hydrazine groups is 1. The van der Waals surface area contributed by atoms with Crippen LogP contribution in [-0.4, -0.2) is 27.9 Å². The van der Waals surface area contributed by atoms with Gasteiger partial charge >= 0.3 is 0 Å². The maximum absolute atomic E-state index is 5.63. The van der Waals surface area contributed by atoms with Gasteiger partial charge in [-0.15, -0.1) is 11.3 Å². The topological polar surface area (TPSA) is 73.1 Å². The summed E-state index contributed by atoms with van der Waals surface area (Å²) in [5, 5.41) is 2.58. The first-order chi connectivity index (χ1) is 9.71. The zero-order valence-corrected chi connectivity index (χ0v) is 13.2. The second kappa shape index (κ2) is 5.85. The summed E-state index contributed by atoms with van der Waals surface area (Å²) in [5.41, 5.74) is 2.56. The lowest BCUT2D eigenvalue weighted by Crippen LogP contribution is -2.14. The van der Waals surface area contributed by atoms with Gasteiger partial charge in [0.05, 0.1) is 6.10 Å². The van der Waals surface area contributed by atoms with Crippen LogP contribution in [0.2, 0.25) is 0 Å². The van der Waals surface area contributed by atoms with Gasteiger partial charge in [0.15, 0.2) is 0 Å². The number of hydrogen-bond acceptors (Lipinski definition) is 7. The summed E-state index contributed by atoms with van der Waals surface area (Å²) in [4.78, 5) is 11.3. The Morgan fingerprint density at radius 2 is 2.40 bits per heavy atom. The van der Waals surface area contributed by atoms with E-state index in [0.29, 0.717) is 11.2 Å². The number of nitrogens with one attached hydrogen (secondary N) is 1. The lowest BCUT2D eigenvalue weighted by molar-refractivity contribution is 0.127. The minimum Gasteiger partial charge on any atom is -0.377 e. The van der Waals surface area contributed by atoms with Crippen molar-refractivity contribution >= 4 is 39.3 Å². The highest BCUT2D eigenvalue weighted by molar-refractivity contribution is 8.00. The van der Waals surface area contributed by atoms with Crippen molar-refractivity contribution < 1.29 is 4.74 Å². The molecule has 0 radical (unpaired) electrons. The van der Waals surface area contributed by atoms with Crippen LogP contribution in [0.5, 0.6) is 0 Å². The van der Waals surface area contributed by atoms with E-state index >= 15 is 0 Å². The van der Waals surface area contributed by atoms with Crippen molar-refractivity contribution in [3.63, 3.8) is 0 Å². The fourth-order valence-corrected chi connectivity index (χ4v) is 4.51. The monoisotopic (exact) mass is 310 g/mol. The Hall–Kier alpha value is -0.890. The largest absolute Gasteiger partial charge is 0.377 e. The molecule has 3 rings (SSSR count). The Bertz CT molecular complexity index is 616. The molecule has 5 nitrogen and oxygen atoms in total. The number of hydrogen-bond donors (Lipinski definition) is 2. The minimum atomic E-state index is 0.267. The first-order valence-corrected chi connectivity index (χ1v) is 8.46. The normalized spacial score (nSPS) is 22.6. The summed E-state index contributed by atoms with van der Waals surface area (Å²) in [6.45, 7) is 5.11. The Balaban J connectivity index is 2.00. The highest BCUT2D eigenvalue weighted by Gasteiger charge is 2.27. The summed E-state index contributed by atoms with van der Waals surface area (Å²) >= 11 is 3.49. The maximum Gasteiger partial charge on any atom is 0.239 e. The quantitative estimate of drug-likeness (QED) is 0.514. The van der Waals surface area contributed by atoms with Crippen LogP contribution < -0.4 is 11.3 Å². The zero-order chi connectivity index (χ0) is 14.1. The predicted molar refractivity (Wildman–Crippen MR) is 84.3 cm³/mol. The van der Waals surface area contributed by atoms with Crippen molar-refractivity contribution in [2.45, 2.75) is 43.1 Å². The molecule has 1 saturated heterocycles. The molecule has 108 valence electrons. The number of thioether (sulfide) groups is 1. The Morgan fingerprint density at radius 1 is 1.55 bits per heavy atom. The molecule has 0 aliphatic carbocycles. The van der Waals surface area contributed by atoms with Gasteiger partial charge in [-0.2, -0.15) is 0 Å². The van der Waals surface area contributed by atoms with E-state index in [2.05, 4.69) is 35.3 Å². The average Bonchev–Trinajstić information content (AvgIpc) is 3.05. The van der Waals surface area contributed by atoms with E-state index < -0.39 is 0 Å². The van der Waals surface area contributed by atoms with Crippen LogP contribution in [0.15, 0.2) is 11.1 Å². The number of nitrogen functional groups attached to an aromatic ring is 1. The summed E-state index contributed by atoms with van der Waals surface area (Å²) < 4.78 is 5.63. The number of anilines is 1. The number of fused-ring (bicyclic) bond motifs is 1. The van der Waals surface area contributed by atoms with Crippen molar-refractivity contribution in [3.05, 3.63) is 10.9 Å². The fraction of sp³-hybridized carbons (Fsp3) is 0.538. The Morgan fingerprint density at radius 3 is 3.05 bits per heavy atom. The summed E-state index contributed by atoms with van der Waals surface area (Å²) in [6.07, 6.45) is 2.34. The number of aryl methyl sites for hydroxylation is 1. The van der Waals surface area contributed by atoms with E-state index in [-0.39, 0.29) is 6.10 Å². The van der Waals surface area contributed by atoms with Gasteiger partial charge in [-0.3, -0.25) is 5.43 Å². The number of nitrogens with zero attached hydrogens (tertiary/aromatic N) is 2. The van der Waals surface area contributed by atoms with E-state index in [1.165, 1.54) is 4.88 Å². The molecule has 2 unspecified atom stereocenters. The number of nitrogens with two attached hydrogens (primary N) is 1. The van der Waals surface area contributed by atoms with Gasteiger partial charge in [0, 0.05) is 22.1 Å². The first kappa shape index (κ1) is 14.1. The van der Waals surface area contributed by atoms with Crippen molar-refractivity contribution in [2.75, 3.05) is 12.0 Å². The highest BCUT2D eigenvalue weighted by atomic mass is 32.2. The predicted octanol–water partition coefficient (Wildman–Crippen LogP) is 2.81. The van der Waals surface area contributed by atoms with Crippen LogP contribution >= 0.6 is 23.1 Å². The van der Waals surface area contributed by atoms with Gasteiger partial charge in [0.2, 0.25) is 5.95 Å². The van der Waals surface area contributed by atoms with Gasteiger partial charge in [0.25, 0.3) is 0 Å². The van der Waals surface area contributed by atoms with Crippen LogP contribution in [0.1, 0.15) is 25.1 Å². The molecular weight excluding hydrogens is 292 g/mol. The molecule has 3 N–H and O–H groups in total. The van der Waals surface area contributed by atoms with E-state index in [9.17, 15) is 0 Å². The first-order valence-electron chi connectivity index (χ1n) is 6.76. The summed E-state index contributed by atoms with van der Waals surface area (Å²) in [7, 11) is 0. The van der Waals surface area contributed by atoms with Crippen LogP contribution in [0, 0.1) is 0 Å². The Labute approximate surface area is 126 Å². The SMILES string of the molecule is CCc1cc2c(SC3CCOC3C)nc(NN)nc2s1. The van der Waals surface area contributed by atoms with Gasteiger partial charge in [-0.25, -0.2) is 15.8 Å². The van der Waals surface area contributed by atoms with Gasteiger partial charge in [-0.1, -0.05) is 18.7 Å². The standard InChI is InChI=1S/C13H18N4OS2/c1-3-8-6-9-11(19-8)15-13(17-14)16-12(9)20-10-4-5-18-7(10)2/h6-7,10H,3-5,14H2,1-2H3,(H,15,16,17). The van der Waals surface area contributed by atoms with E-state index in [4.69, 9.17) is 10.6 Å². The molecule has 7 heteroatoms. The number of rotatable bonds is 4. The smallest absolute Gasteiger partial charge is 0.239 e. The lowest BCUT2D eigenvalue weighted by Gasteiger charge is -2.13. The molecule has 20 heavy (non-hydrogen) atoms. The third-order valence-corrected chi connectivity index (χ3v) is 6.09. The van der Waals surface area contributed by atoms with Gasteiger partial charge in [0.1, 0.15) is 9.86 Å². The van der Waals surface area contributed by atoms with Crippen LogP contribution in [0.3, 0.4) is 0 Å². The summed E-state index contributed by atoms with van der Waals surface area (Å²) in [6, 6.07) is 2.20. The number of ether oxygens (including phenoxy) is 1. The van der Waals surface area contributed by atoms with Crippen molar-refractivity contribution in [2.24, 2.45) is 5.84 Å². The van der Waals surface area contributed by atoms with Crippen LogP contribution in [0.4, 0.5) is 5.95 Å². The molecule has 0 bridgehead atoms. The molecule has 1 aliphatic rings. The maximum atomic E-state index is 5.63. The summed E-state index contributed by atoms with van der Waals surface area (Å²) in [5.74, 6) is 5.96. The molecular formula is C13H18N4OS2. The molecule has 3 heterocycles. The lowest BCUT2D eigenvalue weighted by atomic mass is 10.3. The zero-order valence-electron chi connectivity index (χ0n) is 11.5. The molecule has 1 aliphatic heterocycles. The third kappa shape index (κ3) is 2.63. The second-order valence-electron chi connectivity index (χ2n) is 4.80. The third-order valence-electron chi connectivity index (χ3n) is 3.46. The van der Waals surface area contributed by atoms with E-state index in [1.807, 2.05) is 0 Å². The second-order valence-corrected chi connectivity index (χ2v) is 7.15. The average molecular weight is 310 g/mol. The molecule has 2 aromatic rings. The van der Waals surface area contributed by atoms with Crippen LogP contribution in [-0.2, 0) is 11.2 Å². The Kier molecular flexibility index (Phi) is 4.11.